The molecule has 2 aliphatic heterocycles. The zero-order valence-electron chi connectivity index (χ0n) is 13.7. The maximum absolute atomic E-state index is 6.19. The van der Waals surface area contributed by atoms with Crippen LogP contribution in [0.3, 0.4) is 0 Å². The van der Waals surface area contributed by atoms with E-state index in [1.807, 2.05) is 24.3 Å². The van der Waals surface area contributed by atoms with E-state index >= 15 is 0 Å². The molecule has 1 aromatic rings. The average Bonchev–Trinajstić information content (AvgIpc) is 2.50. The molecule has 3 nitrogen and oxygen atoms in total. The van der Waals surface area contributed by atoms with Gasteiger partial charge in [0.05, 0.1) is 10.7 Å². The lowest BCUT2D eigenvalue weighted by Crippen LogP contribution is -2.57. The number of nitrogens with zero attached hydrogens (tertiary/aromatic N) is 1. The third-order valence-corrected chi connectivity index (χ3v) is 5.61. The van der Waals surface area contributed by atoms with Gasteiger partial charge in [-0.3, -0.25) is 4.90 Å². The standard InChI is InChI=1S/C18H26ClN3S/c1-2-10-22-14-6-5-7-15(22)12-13(11-14)20-18(23)21-17-9-4-3-8-16(17)19/h3-4,8-9,13-15H,2,5-7,10-12H2,1H3,(H2,20,21,23)/t14-,15-/m1/s1. The molecule has 2 fully saturated rings. The molecule has 0 saturated carbocycles. The number of nitrogens with one attached hydrogen (secondary N) is 2. The zero-order valence-corrected chi connectivity index (χ0v) is 15.3. The van der Waals surface area contributed by atoms with E-state index in [2.05, 4.69) is 22.5 Å². The van der Waals surface area contributed by atoms with Crippen LogP contribution < -0.4 is 10.6 Å². The Morgan fingerprint density at radius 3 is 2.61 bits per heavy atom. The van der Waals surface area contributed by atoms with Crippen LogP contribution in [0.4, 0.5) is 5.69 Å². The second kappa shape index (κ2) is 7.82. The van der Waals surface area contributed by atoms with Gasteiger partial charge in [-0.05, 0) is 63.0 Å². The van der Waals surface area contributed by atoms with E-state index in [1.165, 1.54) is 45.1 Å². The van der Waals surface area contributed by atoms with Gasteiger partial charge in [-0.15, -0.1) is 0 Å². The quantitative estimate of drug-likeness (QED) is 0.785. The summed E-state index contributed by atoms with van der Waals surface area (Å²) < 4.78 is 0. The Morgan fingerprint density at radius 1 is 1.26 bits per heavy atom. The number of thiocarbonyl (C=S) groups is 1. The maximum Gasteiger partial charge on any atom is 0.171 e. The highest BCUT2D eigenvalue weighted by Gasteiger charge is 2.37. The molecule has 2 aliphatic rings. The maximum atomic E-state index is 6.19. The number of benzene rings is 1. The monoisotopic (exact) mass is 351 g/mol. The largest absolute Gasteiger partial charge is 0.360 e. The Morgan fingerprint density at radius 2 is 1.96 bits per heavy atom. The van der Waals surface area contributed by atoms with Crippen molar-refractivity contribution in [2.24, 2.45) is 0 Å². The van der Waals surface area contributed by atoms with E-state index in [1.54, 1.807) is 0 Å². The van der Waals surface area contributed by atoms with Crippen molar-refractivity contribution in [3.8, 4) is 0 Å². The molecule has 5 heteroatoms. The van der Waals surface area contributed by atoms with E-state index in [0.29, 0.717) is 16.2 Å². The van der Waals surface area contributed by atoms with Crippen molar-refractivity contribution >= 4 is 34.6 Å². The highest BCUT2D eigenvalue weighted by molar-refractivity contribution is 7.80. The minimum atomic E-state index is 0.473. The molecule has 0 unspecified atom stereocenters. The topological polar surface area (TPSA) is 27.3 Å². The minimum Gasteiger partial charge on any atom is -0.360 e. The van der Waals surface area contributed by atoms with Gasteiger partial charge < -0.3 is 10.6 Å². The first-order chi connectivity index (χ1) is 11.2. The van der Waals surface area contributed by atoms with Gasteiger partial charge in [-0.1, -0.05) is 37.1 Å². The van der Waals surface area contributed by atoms with E-state index in [-0.39, 0.29) is 0 Å². The summed E-state index contributed by atoms with van der Waals surface area (Å²) in [7, 11) is 0. The molecule has 2 heterocycles. The van der Waals surface area contributed by atoms with Crippen LogP contribution >= 0.6 is 23.8 Å². The first-order valence-corrected chi connectivity index (χ1v) is 9.53. The number of hydrogen-bond donors (Lipinski definition) is 2. The molecule has 3 rings (SSSR count). The molecule has 2 N–H and O–H groups in total. The van der Waals surface area contributed by atoms with Gasteiger partial charge in [0.15, 0.2) is 5.11 Å². The number of fused-ring (bicyclic) bond motifs is 2. The first-order valence-electron chi connectivity index (χ1n) is 8.75. The Kier molecular flexibility index (Phi) is 5.78. The van der Waals surface area contributed by atoms with Gasteiger partial charge in [0.2, 0.25) is 0 Å². The summed E-state index contributed by atoms with van der Waals surface area (Å²) in [5, 5.41) is 8.14. The van der Waals surface area contributed by atoms with E-state index in [9.17, 15) is 0 Å². The molecule has 23 heavy (non-hydrogen) atoms. The molecular weight excluding hydrogens is 326 g/mol. The summed E-state index contributed by atoms with van der Waals surface area (Å²) in [4.78, 5) is 2.74. The normalized spacial score (nSPS) is 27.5. The van der Waals surface area contributed by atoms with Crippen LogP contribution in [0.2, 0.25) is 5.02 Å². The van der Waals surface area contributed by atoms with Crippen LogP contribution in [0.1, 0.15) is 45.4 Å². The van der Waals surface area contributed by atoms with Gasteiger partial charge >= 0.3 is 0 Å². The minimum absolute atomic E-state index is 0.473. The Balaban J connectivity index is 1.57. The number of para-hydroxylation sites is 1. The number of piperidine rings is 2. The third-order valence-electron chi connectivity index (χ3n) is 5.06. The molecule has 0 spiro atoms. The molecule has 0 amide bonds. The third kappa shape index (κ3) is 4.17. The fourth-order valence-electron chi connectivity index (χ4n) is 4.13. The van der Waals surface area contributed by atoms with Crippen LogP contribution in [0.5, 0.6) is 0 Å². The van der Waals surface area contributed by atoms with Crippen LogP contribution in [0.15, 0.2) is 24.3 Å². The second-order valence-electron chi connectivity index (χ2n) is 6.72. The van der Waals surface area contributed by atoms with Crippen molar-refractivity contribution < 1.29 is 0 Å². The Labute approximate surface area is 149 Å². The number of rotatable bonds is 4. The molecule has 2 saturated heterocycles. The van der Waals surface area contributed by atoms with Crippen molar-refractivity contribution in [1.82, 2.24) is 10.2 Å². The highest BCUT2D eigenvalue weighted by atomic mass is 35.5. The molecule has 1 aromatic carbocycles. The summed E-state index contributed by atoms with van der Waals surface area (Å²) in [5.74, 6) is 0. The zero-order chi connectivity index (χ0) is 16.2. The molecule has 2 atom stereocenters. The van der Waals surface area contributed by atoms with Gasteiger partial charge in [0.25, 0.3) is 0 Å². The van der Waals surface area contributed by atoms with Gasteiger partial charge in [0, 0.05) is 18.1 Å². The molecular formula is C18H26ClN3S. The van der Waals surface area contributed by atoms with E-state index < -0.39 is 0 Å². The first kappa shape index (κ1) is 17.0. The average molecular weight is 352 g/mol. The summed E-state index contributed by atoms with van der Waals surface area (Å²) in [5.41, 5.74) is 0.871. The lowest BCUT2D eigenvalue weighted by atomic mass is 9.81. The van der Waals surface area contributed by atoms with Crippen molar-refractivity contribution in [2.75, 3.05) is 11.9 Å². The molecule has 126 valence electrons. The van der Waals surface area contributed by atoms with Crippen molar-refractivity contribution in [1.29, 1.82) is 0 Å². The summed E-state index contributed by atoms with van der Waals surface area (Å²) >= 11 is 11.7. The second-order valence-corrected chi connectivity index (χ2v) is 7.54. The Bertz CT molecular complexity index is 537. The molecule has 0 radical (unpaired) electrons. The van der Waals surface area contributed by atoms with E-state index in [4.69, 9.17) is 23.8 Å². The van der Waals surface area contributed by atoms with Gasteiger partial charge in [0.1, 0.15) is 0 Å². The SMILES string of the molecule is CCCN1[C@@H]2CCC[C@@H]1CC(NC(=S)Nc1ccccc1Cl)C2. The lowest BCUT2D eigenvalue weighted by molar-refractivity contribution is 0.0284. The molecule has 0 aromatic heterocycles. The molecule has 2 bridgehead atoms. The van der Waals surface area contributed by atoms with Crippen molar-refractivity contribution in [2.45, 2.75) is 63.6 Å². The molecule has 0 aliphatic carbocycles. The summed E-state index contributed by atoms with van der Waals surface area (Å²) in [6.45, 7) is 3.52. The number of halogens is 1. The predicted octanol–water partition coefficient (Wildman–Crippen LogP) is 4.42. The lowest BCUT2D eigenvalue weighted by Gasteiger charge is -2.49. The smallest absolute Gasteiger partial charge is 0.171 e. The van der Waals surface area contributed by atoms with Crippen LogP contribution in [0.25, 0.3) is 0 Å². The van der Waals surface area contributed by atoms with Crippen molar-refractivity contribution in [3.63, 3.8) is 0 Å². The highest BCUT2D eigenvalue weighted by Crippen LogP contribution is 2.34. The predicted molar refractivity (Wildman–Crippen MR) is 102 cm³/mol. The van der Waals surface area contributed by atoms with Gasteiger partial charge in [-0.2, -0.15) is 0 Å². The van der Waals surface area contributed by atoms with E-state index in [0.717, 1.165) is 17.8 Å². The van der Waals surface area contributed by atoms with Crippen LogP contribution in [0, 0.1) is 0 Å². The van der Waals surface area contributed by atoms with Crippen LogP contribution in [-0.4, -0.2) is 34.7 Å². The summed E-state index contributed by atoms with van der Waals surface area (Å²) in [6, 6.07) is 9.64. The van der Waals surface area contributed by atoms with Crippen LogP contribution in [-0.2, 0) is 0 Å². The van der Waals surface area contributed by atoms with Gasteiger partial charge in [-0.25, -0.2) is 0 Å². The summed E-state index contributed by atoms with van der Waals surface area (Å²) in [6.07, 6.45) is 7.68. The fraction of sp³-hybridized carbons (Fsp3) is 0.611. The number of anilines is 1. The number of hydrogen-bond acceptors (Lipinski definition) is 2. The Hall–Kier alpha value is -0.840. The van der Waals surface area contributed by atoms with Crippen molar-refractivity contribution in [3.05, 3.63) is 29.3 Å². The fourth-order valence-corrected chi connectivity index (χ4v) is 4.59.